The zero-order valence-corrected chi connectivity index (χ0v) is 12.3. The van der Waals surface area contributed by atoms with Crippen LogP contribution in [0.15, 0.2) is 35.5 Å². The Morgan fingerprint density at radius 2 is 1.95 bits per heavy atom. The normalized spacial score (nSPS) is 12.3. The molecule has 0 unspecified atom stereocenters. The van der Waals surface area contributed by atoms with E-state index in [0.29, 0.717) is 0 Å². The van der Waals surface area contributed by atoms with E-state index in [1.807, 2.05) is 20.8 Å². The maximum absolute atomic E-state index is 12.1. The van der Waals surface area contributed by atoms with Crippen LogP contribution in [-0.4, -0.2) is 23.7 Å². The van der Waals surface area contributed by atoms with Gasteiger partial charge in [-0.1, -0.05) is 26.8 Å². The molecule has 1 aromatic heterocycles. The Morgan fingerprint density at radius 3 is 2.50 bits per heavy atom. The van der Waals surface area contributed by atoms with Gasteiger partial charge in [0, 0.05) is 0 Å². The summed E-state index contributed by atoms with van der Waals surface area (Å²) in [6, 6.07) is 6.21. The van der Waals surface area contributed by atoms with Crippen LogP contribution in [0.4, 0.5) is 5.69 Å². The monoisotopic (exact) mass is 295 g/mol. The van der Waals surface area contributed by atoms with Gasteiger partial charge in [0.15, 0.2) is 5.03 Å². The molecule has 0 aliphatic carbocycles. The van der Waals surface area contributed by atoms with Gasteiger partial charge in [-0.3, -0.25) is 9.82 Å². The summed E-state index contributed by atoms with van der Waals surface area (Å²) in [5, 5.41) is 15.7. The topological polar surface area (TPSA) is 95.1 Å². The molecule has 0 spiro atoms. The average Bonchev–Trinajstić information content (AvgIpc) is 2.84. The third kappa shape index (κ3) is 2.93. The molecule has 0 saturated heterocycles. The Kier molecular flexibility index (Phi) is 3.47. The number of phenolic OH excluding ortho intramolecular Hbond substituents is 1. The van der Waals surface area contributed by atoms with E-state index in [-0.39, 0.29) is 21.9 Å². The molecule has 20 heavy (non-hydrogen) atoms. The third-order valence-corrected chi connectivity index (χ3v) is 4.17. The number of hydrogen-bond donors (Lipinski definition) is 3. The summed E-state index contributed by atoms with van der Waals surface area (Å²) in [5.74, 6) is -0.124. The minimum absolute atomic E-state index is 0.0574. The van der Waals surface area contributed by atoms with Gasteiger partial charge in [0.1, 0.15) is 5.75 Å². The second kappa shape index (κ2) is 4.82. The van der Waals surface area contributed by atoms with E-state index in [0.717, 1.165) is 5.56 Å². The smallest absolute Gasteiger partial charge is 0.278 e. The summed E-state index contributed by atoms with van der Waals surface area (Å²) in [7, 11) is -3.78. The number of sulfonamides is 1. The highest BCUT2D eigenvalue weighted by Crippen LogP contribution is 2.31. The molecule has 0 radical (unpaired) electrons. The number of aromatic nitrogens is 2. The fourth-order valence-electron chi connectivity index (χ4n) is 1.68. The quantitative estimate of drug-likeness (QED) is 0.757. The van der Waals surface area contributed by atoms with Gasteiger partial charge >= 0.3 is 0 Å². The van der Waals surface area contributed by atoms with Gasteiger partial charge in [-0.15, -0.1) is 0 Å². The highest BCUT2D eigenvalue weighted by atomic mass is 32.2. The lowest BCUT2D eigenvalue weighted by atomic mass is 9.87. The summed E-state index contributed by atoms with van der Waals surface area (Å²) >= 11 is 0. The van der Waals surface area contributed by atoms with Crippen molar-refractivity contribution < 1.29 is 13.5 Å². The zero-order chi connectivity index (χ0) is 15.0. The fourth-order valence-corrected chi connectivity index (χ4v) is 2.65. The Balaban J connectivity index is 2.39. The number of hydrogen-bond acceptors (Lipinski definition) is 4. The van der Waals surface area contributed by atoms with Crippen molar-refractivity contribution in [2.45, 2.75) is 31.2 Å². The Hall–Kier alpha value is -2.02. The summed E-state index contributed by atoms with van der Waals surface area (Å²) < 4.78 is 26.5. The van der Waals surface area contributed by atoms with Crippen molar-refractivity contribution >= 4 is 15.7 Å². The fraction of sp³-hybridized carbons (Fsp3) is 0.308. The summed E-state index contributed by atoms with van der Waals surface area (Å²) in [6.45, 7) is 6.02. The first kappa shape index (κ1) is 14.4. The van der Waals surface area contributed by atoms with Gasteiger partial charge in [0.25, 0.3) is 10.0 Å². The van der Waals surface area contributed by atoms with E-state index >= 15 is 0 Å². The molecular formula is C13H17N3O3S. The van der Waals surface area contributed by atoms with Crippen molar-refractivity contribution in [3.05, 3.63) is 36.0 Å². The molecule has 3 N–H and O–H groups in total. The minimum Gasteiger partial charge on any atom is -0.506 e. The molecular weight excluding hydrogens is 278 g/mol. The Bertz CT molecular complexity index is 701. The lowest BCUT2D eigenvalue weighted by Gasteiger charge is -2.20. The maximum atomic E-state index is 12.1. The molecule has 0 amide bonds. The summed E-state index contributed by atoms with van der Waals surface area (Å²) in [6.07, 6.45) is 1.35. The van der Waals surface area contributed by atoms with E-state index in [4.69, 9.17) is 0 Å². The Morgan fingerprint density at radius 1 is 1.25 bits per heavy atom. The Labute approximate surface area is 117 Å². The number of anilines is 1. The lowest BCUT2D eigenvalue weighted by Crippen LogP contribution is -2.15. The number of aromatic hydroxyl groups is 1. The number of nitrogens with zero attached hydrogens (tertiary/aromatic N) is 1. The number of phenols is 1. The van der Waals surface area contributed by atoms with Crippen molar-refractivity contribution in [3.8, 4) is 5.75 Å². The molecule has 0 saturated carbocycles. The molecule has 0 fully saturated rings. The molecule has 0 aliphatic rings. The van der Waals surface area contributed by atoms with Gasteiger partial charge in [-0.25, -0.2) is 0 Å². The van der Waals surface area contributed by atoms with Gasteiger partial charge in [0.2, 0.25) is 0 Å². The number of aromatic amines is 1. The van der Waals surface area contributed by atoms with Crippen LogP contribution >= 0.6 is 0 Å². The van der Waals surface area contributed by atoms with Gasteiger partial charge in [0.05, 0.1) is 11.9 Å². The predicted octanol–water partition coefficient (Wildman–Crippen LogP) is 2.21. The van der Waals surface area contributed by atoms with Crippen LogP contribution in [0, 0.1) is 0 Å². The minimum atomic E-state index is -3.78. The van der Waals surface area contributed by atoms with E-state index < -0.39 is 10.0 Å². The number of rotatable bonds is 3. The molecule has 0 bridgehead atoms. The molecule has 1 aromatic carbocycles. The number of benzene rings is 1. The van der Waals surface area contributed by atoms with E-state index in [9.17, 15) is 13.5 Å². The molecule has 1 heterocycles. The van der Waals surface area contributed by atoms with E-state index in [1.165, 1.54) is 18.3 Å². The van der Waals surface area contributed by atoms with Crippen molar-refractivity contribution in [2.75, 3.05) is 4.72 Å². The van der Waals surface area contributed by atoms with Gasteiger partial charge in [-0.05, 0) is 29.2 Å². The third-order valence-electron chi connectivity index (χ3n) is 2.87. The van der Waals surface area contributed by atoms with E-state index in [2.05, 4.69) is 14.9 Å². The maximum Gasteiger partial charge on any atom is 0.278 e. The van der Waals surface area contributed by atoms with Gasteiger partial charge < -0.3 is 5.11 Å². The van der Waals surface area contributed by atoms with Crippen LogP contribution in [-0.2, 0) is 15.4 Å². The van der Waals surface area contributed by atoms with Crippen LogP contribution in [0.1, 0.15) is 26.3 Å². The van der Waals surface area contributed by atoms with Crippen LogP contribution < -0.4 is 4.72 Å². The summed E-state index contributed by atoms with van der Waals surface area (Å²) in [5.41, 5.74) is 0.909. The standard InChI is InChI=1S/C13H17N3O3S/c1-13(2,3)9-4-5-11(17)10(8-9)16-20(18,19)12-6-7-14-15-12/h4-8,16-17H,1-3H3,(H,14,15). The van der Waals surface area contributed by atoms with Crippen molar-refractivity contribution in [3.63, 3.8) is 0 Å². The first-order valence-corrected chi connectivity index (χ1v) is 7.54. The number of H-pyrrole nitrogens is 1. The van der Waals surface area contributed by atoms with Gasteiger partial charge in [-0.2, -0.15) is 13.5 Å². The number of nitrogens with one attached hydrogen (secondary N) is 2. The lowest BCUT2D eigenvalue weighted by molar-refractivity contribution is 0.476. The van der Waals surface area contributed by atoms with Crippen LogP contribution in [0.25, 0.3) is 0 Å². The molecule has 0 atom stereocenters. The second-order valence-corrected chi connectivity index (χ2v) is 7.16. The second-order valence-electron chi connectivity index (χ2n) is 5.51. The van der Waals surface area contributed by atoms with Crippen molar-refractivity contribution in [1.29, 1.82) is 0 Å². The molecule has 2 aromatic rings. The first-order valence-electron chi connectivity index (χ1n) is 6.06. The molecule has 6 nitrogen and oxygen atoms in total. The molecule has 2 rings (SSSR count). The van der Waals surface area contributed by atoms with Crippen LogP contribution in [0.3, 0.4) is 0 Å². The van der Waals surface area contributed by atoms with Crippen molar-refractivity contribution in [2.24, 2.45) is 0 Å². The highest BCUT2D eigenvalue weighted by molar-refractivity contribution is 7.92. The first-order chi connectivity index (χ1) is 9.20. The van der Waals surface area contributed by atoms with E-state index in [1.54, 1.807) is 12.1 Å². The van der Waals surface area contributed by atoms with Crippen molar-refractivity contribution in [1.82, 2.24) is 10.2 Å². The van der Waals surface area contributed by atoms with Crippen LogP contribution in [0.5, 0.6) is 5.75 Å². The zero-order valence-electron chi connectivity index (χ0n) is 11.5. The molecule has 0 aliphatic heterocycles. The molecule has 7 heteroatoms. The van der Waals surface area contributed by atoms with Crippen LogP contribution in [0.2, 0.25) is 0 Å². The largest absolute Gasteiger partial charge is 0.506 e. The highest BCUT2D eigenvalue weighted by Gasteiger charge is 2.20. The SMILES string of the molecule is CC(C)(C)c1ccc(O)c(NS(=O)(=O)c2ccn[nH]2)c1. The predicted molar refractivity (Wildman–Crippen MR) is 76.2 cm³/mol. The average molecular weight is 295 g/mol. The molecule has 108 valence electrons. The summed E-state index contributed by atoms with van der Waals surface area (Å²) in [4.78, 5) is 0.